The quantitative estimate of drug-likeness (QED) is 0.486. The van der Waals surface area contributed by atoms with Gasteiger partial charge in [-0.25, -0.2) is 4.39 Å². The second-order valence-corrected chi connectivity index (χ2v) is 2.88. The second-order valence-electron chi connectivity index (χ2n) is 2.88. The third kappa shape index (κ3) is 3.17. The average Bonchev–Trinajstić information content (AvgIpc) is 2.46. The molecule has 0 unspecified atom stereocenters. The molecule has 1 aliphatic heterocycles. The Morgan fingerprint density at radius 3 is 2.57 bits per heavy atom. The predicted octanol–water partition coefficient (Wildman–Crippen LogP) is 1.51. The van der Waals surface area contributed by atoms with E-state index in [1.165, 1.54) is 17.2 Å². The van der Waals surface area contributed by atoms with Crippen LogP contribution in [-0.2, 0) is 4.79 Å². The molecular weight excluding hydrogens is 176 g/mol. The molecule has 2 nitrogen and oxygen atoms in total. The topological polar surface area (TPSA) is 20.3 Å². The summed E-state index contributed by atoms with van der Waals surface area (Å²) < 4.78 is 12.7. The third-order valence-corrected chi connectivity index (χ3v) is 1.94. The number of hydrogen-bond acceptors (Lipinski definition) is 1. The zero-order valence-corrected chi connectivity index (χ0v) is 7.42. The first-order chi connectivity index (χ1) is 6.15. The van der Waals surface area contributed by atoms with E-state index >= 15 is 0 Å². The Balaban J connectivity index is 0.00000169. The van der Waals surface area contributed by atoms with Crippen molar-refractivity contribution in [3.8, 4) is 0 Å². The van der Waals surface area contributed by atoms with Crippen molar-refractivity contribution in [2.75, 3.05) is 6.54 Å². The van der Waals surface area contributed by atoms with Gasteiger partial charge in [-0.2, -0.15) is 0 Å². The van der Waals surface area contributed by atoms with Crippen LogP contribution in [0.1, 0.15) is 12.8 Å². The van der Waals surface area contributed by atoms with Crippen molar-refractivity contribution in [3.05, 3.63) is 36.8 Å². The van der Waals surface area contributed by atoms with Crippen LogP contribution in [0, 0.1) is 0 Å². The van der Waals surface area contributed by atoms with Crippen LogP contribution < -0.4 is 0 Å². The van der Waals surface area contributed by atoms with E-state index in [1.807, 2.05) is 0 Å². The minimum absolute atomic E-state index is 0. The van der Waals surface area contributed by atoms with Crippen LogP contribution in [0.25, 0.3) is 0 Å². The van der Waals surface area contributed by atoms with E-state index in [0.717, 1.165) is 6.42 Å². The zero-order valence-electron chi connectivity index (χ0n) is 7.42. The second kappa shape index (κ2) is 5.85. The molecule has 4 heteroatoms. The van der Waals surface area contributed by atoms with Gasteiger partial charge in [-0.15, -0.1) is 0 Å². The summed E-state index contributed by atoms with van der Waals surface area (Å²) in [7, 11) is 0. The van der Waals surface area contributed by atoms with Crippen LogP contribution in [-0.4, -0.2) is 36.2 Å². The van der Waals surface area contributed by atoms with Crippen LogP contribution in [0.2, 0.25) is 0 Å². The standard InChI is InChI=1S/C10H12FNO.Li.H/c1-3-9(8(2)11)7-12-6-4-5-10(12)13;;/h3,7H,1-2,4-6H2;;. The maximum absolute atomic E-state index is 12.7. The monoisotopic (exact) mass is 189 g/mol. The number of amides is 1. The van der Waals surface area contributed by atoms with Crippen LogP contribution in [0.15, 0.2) is 36.8 Å². The van der Waals surface area contributed by atoms with E-state index in [2.05, 4.69) is 13.2 Å². The molecule has 1 amide bonds. The molecule has 0 aromatic heterocycles. The average molecular weight is 189 g/mol. The normalized spacial score (nSPS) is 16.5. The molecule has 0 N–H and O–H groups in total. The van der Waals surface area contributed by atoms with Crippen molar-refractivity contribution in [1.82, 2.24) is 4.90 Å². The van der Waals surface area contributed by atoms with E-state index in [1.54, 1.807) is 0 Å². The fourth-order valence-corrected chi connectivity index (χ4v) is 1.21. The molecule has 1 rings (SSSR count). The van der Waals surface area contributed by atoms with Gasteiger partial charge in [-0.3, -0.25) is 4.79 Å². The van der Waals surface area contributed by atoms with Gasteiger partial charge in [0.05, 0.1) is 0 Å². The number of carbonyl (C=O) groups is 1. The first-order valence-electron chi connectivity index (χ1n) is 4.13. The van der Waals surface area contributed by atoms with Gasteiger partial charge in [0.1, 0.15) is 5.83 Å². The van der Waals surface area contributed by atoms with Gasteiger partial charge in [0.2, 0.25) is 5.91 Å². The van der Waals surface area contributed by atoms with E-state index in [9.17, 15) is 9.18 Å². The van der Waals surface area contributed by atoms with Crippen molar-refractivity contribution < 1.29 is 9.18 Å². The van der Waals surface area contributed by atoms with Crippen molar-refractivity contribution in [3.63, 3.8) is 0 Å². The Morgan fingerprint density at radius 1 is 1.57 bits per heavy atom. The van der Waals surface area contributed by atoms with Crippen LogP contribution in [0.4, 0.5) is 4.39 Å². The predicted molar refractivity (Wildman–Crippen MR) is 56.6 cm³/mol. The Labute approximate surface area is 95.3 Å². The maximum atomic E-state index is 12.7. The summed E-state index contributed by atoms with van der Waals surface area (Å²) in [5.41, 5.74) is 0.273. The third-order valence-electron chi connectivity index (χ3n) is 1.94. The molecule has 0 radical (unpaired) electrons. The first kappa shape index (κ1) is 13.2. The number of rotatable bonds is 3. The van der Waals surface area contributed by atoms with Crippen LogP contribution in [0.5, 0.6) is 0 Å². The molecule has 1 saturated heterocycles. The molecular formula is C10H13FLiNO. The van der Waals surface area contributed by atoms with Crippen molar-refractivity contribution >= 4 is 24.8 Å². The number of nitrogens with zero attached hydrogens (tertiary/aromatic N) is 1. The summed E-state index contributed by atoms with van der Waals surface area (Å²) in [6.45, 7) is 7.25. The fraction of sp³-hybridized carbons (Fsp3) is 0.300. The minimum atomic E-state index is -0.560. The molecule has 1 aliphatic rings. The fourth-order valence-electron chi connectivity index (χ4n) is 1.21. The number of carbonyl (C=O) groups excluding carboxylic acids is 1. The van der Waals surface area contributed by atoms with E-state index in [0.29, 0.717) is 13.0 Å². The number of hydrogen-bond donors (Lipinski definition) is 0. The Hall–Kier alpha value is -0.783. The molecule has 0 saturated carbocycles. The van der Waals surface area contributed by atoms with E-state index in [4.69, 9.17) is 0 Å². The summed E-state index contributed by atoms with van der Waals surface area (Å²) in [4.78, 5) is 12.6. The van der Waals surface area contributed by atoms with E-state index < -0.39 is 5.83 Å². The molecule has 1 heterocycles. The SMILES string of the molecule is C=CC(=CN1CCCC1=O)C(=C)F.[LiH]. The van der Waals surface area contributed by atoms with Crippen LogP contribution in [0.3, 0.4) is 0 Å². The number of allylic oxidation sites excluding steroid dienone is 3. The van der Waals surface area contributed by atoms with E-state index in [-0.39, 0.29) is 30.3 Å². The molecule has 0 aliphatic carbocycles. The van der Waals surface area contributed by atoms with Gasteiger partial charge in [0.15, 0.2) is 0 Å². The van der Waals surface area contributed by atoms with Gasteiger partial charge in [-0.05, 0) is 6.42 Å². The van der Waals surface area contributed by atoms with Gasteiger partial charge in [-0.1, -0.05) is 19.2 Å². The molecule has 0 aromatic rings. The summed E-state index contributed by atoms with van der Waals surface area (Å²) in [6, 6.07) is 0. The van der Waals surface area contributed by atoms with Gasteiger partial charge >= 0.3 is 18.9 Å². The van der Waals surface area contributed by atoms with Crippen LogP contribution >= 0.6 is 0 Å². The Bertz CT molecular complexity index is 286. The molecule has 14 heavy (non-hydrogen) atoms. The Kier molecular flexibility index (Phi) is 5.52. The first-order valence-corrected chi connectivity index (χ1v) is 4.13. The Morgan fingerprint density at radius 2 is 2.21 bits per heavy atom. The molecule has 0 spiro atoms. The summed E-state index contributed by atoms with van der Waals surface area (Å²) in [6.07, 6.45) is 4.19. The number of likely N-dealkylation sites (tertiary alicyclic amines) is 1. The molecule has 0 aromatic carbocycles. The molecule has 0 bridgehead atoms. The summed E-state index contributed by atoms with van der Waals surface area (Å²) in [5.74, 6) is -0.532. The summed E-state index contributed by atoms with van der Waals surface area (Å²) >= 11 is 0. The molecule has 72 valence electrons. The summed E-state index contributed by atoms with van der Waals surface area (Å²) in [5, 5.41) is 0. The number of halogens is 1. The van der Waals surface area contributed by atoms with Gasteiger partial charge in [0.25, 0.3) is 0 Å². The molecule has 1 fully saturated rings. The van der Waals surface area contributed by atoms with Gasteiger partial charge < -0.3 is 4.90 Å². The van der Waals surface area contributed by atoms with Gasteiger partial charge in [0, 0.05) is 24.7 Å². The van der Waals surface area contributed by atoms with Crippen molar-refractivity contribution in [1.29, 1.82) is 0 Å². The van der Waals surface area contributed by atoms with Crippen molar-refractivity contribution in [2.45, 2.75) is 12.8 Å². The zero-order chi connectivity index (χ0) is 9.84. The molecule has 0 atom stereocenters. The van der Waals surface area contributed by atoms with Crippen molar-refractivity contribution in [2.24, 2.45) is 0 Å².